The SMILES string of the molecule is NC1CCCc2ccc(OCc3cccc(F)c3Cl)cc21. The van der Waals surface area contributed by atoms with Gasteiger partial charge in [-0.1, -0.05) is 29.8 Å². The molecule has 2 aromatic rings. The van der Waals surface area contributed by atoms with E-state index in [0.717, 1.165) is 30.6 Å². The molecule has 0 saturated carbocycles. The minimum absolute atomic E-state index is 0.0788. The van der Waals surface area contributed by atoms with Gasteiger partial charge in [-0.3, -0.25) is 0 Å². The van der Waals surface area contributed by atoms with Gasteiger partial charge in [0.05, 0.1) is 5.02 Å². The van der Waals surface area contributed by atoms with E-state index in [0.29, 0.717) is 5.56 Å². The van der Waals surface area contributed by atoms with Crippen LogP contribution in [0.3, 0.4) is 0 Å². The highest BCUT2D eigenvalue weighted by Gasteiger charge is 2.17. The minimum Gasteiger partial charge on any atom is -0.489 e. The van der Waals surface area contributed by atoms with Crippen molar-refractivity contribution in [1.29, 1.82) is 0 Å². The van der Waals surface area contributed by atoms with Crippen LogP contribution in [0.4, 0.5) is 4.39 Å². The summed E-state index contributed by atoms with van der Waals surface area (Å²) in [5.74, 6) is 0.316. The van der Waals surface area contributed by atoms with Gasteiger partial charge < -0.3 is 10.5 Å². The monoisotopic (exact) mass is 305 g/mol. The molecule has 0 spiro atoms. The van der Waals surface area contributed by atoms with E-state index in [-0.39, 0.29) is 17.7 Å². The summed E-state index contributed by atoms with van der Waals surface area (Å²) in [4.78, 5) is 0. The zero-order valence-electron chi connectivity index (χ0n) is 11.6. The lowest BCUT2D eigenvalue weighted by molar-refractivity contribution is 0.304. The maximum atomic E-state index is 13.4. The van der Waals surface area contributed by atoms with E-state index in [9.17, 15) is 4.39 Å². The number of nitrogens with two attached hydrogens (primary N) is 1. The third kappa shape index (κ3) is 3.04. The van der Waals surface area contributed by atoms with Gasteiger partial charge in [0.25, 0.3) is 0 Å². The fraction of sp³-hybridized carbons (Fsp3) is 0.294. The first-order chi connectivity index (χ1) is 10.1. The molecule has 0 fully saturated rings. The molecule has 1 atom stereocenters. The first-order valence-corrected chi connectivity index (χ1v) is 7.47. The van der Waals surface area contributed by atoms with Crippen molar-refractivity contribution < 1.29 is 9.13 Å². The number of halogens is 2. The van der Waals surface area contributed by atoms with Gasteiger partial charge in [-0.2, -0.15) is 0 Å². The Hall–Kier alpha value is -1.58. The molecular formula is C17H17ClFNO. The molecule has 1 aliphatic carbocycles. The van der Waals surface area contributed by atoms with Crippen LogP contribution in [0.5, 0.6) is 5.75 Å². The molecule has 2 N–H and O–H groups in total. The Bertz CT molecular complexity index is 659. The molecule has 0 aromatic heterocycles. The summed E-state index contributed by atoms with van der Waals surface area (Å²) in [5, 5.41) is 0.118. The molecule has 1 aliphatic rings. The fourth-order valence-corrected chi connectivity index (χ4v) is 2.91. The number of rotatable bonds is 3. The lowest BCUT2D eigenvalue weighted by atomic mass is 9.88. The molecule has 4 heteroatoms. The number of fused-ring (bicyclic) bond motifs is 1. The second-order valence-corrected chi connectivity index (χ2v) is 5.74. The first-order valence-electron chi connectivity index (χ1n) is 7.09. The molecule has 0 amide bonds. The van der Waals surface area contributed by atoms with E-state index >= 15 is 0 Å². The zero-order chi connectivity index (χ0) is 14.8. The average Bonchev–Trinajstić information content (AvgIpc) is 2.49. The standard InChI is InChI=1S/C17H17ClFNO/c18-17-12(4-1-5-15(17)19)10-21-13-8-7-11-3-2-6-16(20)14(11)9-13/h1,4-5,7-9,16H,2-3,6,10,20H2. The van der Waals surface area contributed by atoms with E-state index < -0.39 is 5.82 Å². The smallest absolute Gasteiger partial charge is 0.142 e. The summed E-state index contributed by atoms with van der Waals surface area (Å²) in [6.07, 6.45) is 3.21. The zero-order valence-corrected chi connectivity index (χ0v) is 12.4. The van der Waals surface area contributed by atoms with Crippen LogP contribution < -0.4 is 10.5 Å². The van der Waals surface area contributed by atoms with Crippen molar-refractivity contribution in [3.8, 4) is 5.75 Å². The lowest BCUT2D eigenvalue weighted by Gasteiger charge is -2.22. The Morgan fingerprint density at radius 2 is 2.14 bits per heavy atom. The van der Waals surface area contributed by atoms with Crippen LogP contribution in [-0.2, 0) is 13.0 Å². The van der Waals surface area contributed by atoms with E-state index in [2.05, 4.69) is 6.07 Å². The van der Waals surface area contributed by atoms with Crippen LogP contribution in [-0.4, -0.2) is 0 Å². The van der Waals surface area contributed by atoms with E-state index in [1.54, 1.807) is 12.1 Å². The van der Waals surface area contributed by atoms with Crippen molar-refractivity contribution in [2.75, 3.05) is 0 Å². The second kappa shape index (κ2) is 6.04. The van der Waals surface area contributed by atoms with Crippen molar-refractivity contribution in [1.82, 2.24) is 0 Å². The molecule has 0 saturated heterocycles. The predicted octanol–water partition coefficient (Wildman–Crippen LogP) is 4.39. The van der Waals surface area contributed by atoms with Crippen molar-refractivity contribution in [2.45, 2.75) is 31.9 Å². The van der Waals surface area contributed by atoms with Crippen LogP contribution in [0.1, 0.15) is 35.6 Å². The quantitative estimate of drug-likeness (QED) is 0.912. The Kier molecular flexibility index (Phi) is 4.13. The maximum absolute atomic E-state index is 13.4. The fourth-order valence-electron chi connectivity index (χ4n) is 2.72. The molecule has 1 unspecified atom stereocenters. The molecule has 2 aromatic carbocycles. The summed E-state index contributed by atoms with van der Waals surface area (Å²) in [7, 11) is 0. The van der Waals surface area contributed by atoms with Crippen molar-refractivity contribution in [2.24, 2.45) is 5.73 Å². The van der Waals surface area contributed by atoms with E-state index in [4.69, 9.17) is 22.1 Å². The van der Waals surface area contributed by atoms with Gasteiger partial charge in [0.1, 0.15) is 18.2 Å². The molecule has 0 bridgehead atoms. The lowest BCUT2D eigenvalue weighted by Crippen LogP contribution is -2.17. The predicted molar refractivity (Wildman–Crippen MR) is 82.1 cm³/mol. The van der Waals surface area contributed by atoms with Crippen LogP contribution in [0, 0.1) is 5.82 Å². The second-order valence-electron chi connectivity index (χ2n) is 5.36. The summed E-state index contributed by atoms with van der Waals surface area (Å²) in [6, 6.07) is 10.8. The molecule has 0 radical (unpaired) electrons. The average molecular weight is 306 g/mol. The number of aryl methyl sites for hydroxylation is 1. The highest BCUT2D eigenvalue weighted by molar-refractivity contribution is 6.31. The minimum atomic E-state index is -0.426. The molecular weight excluding hydrogens is 289 g/mol. The summed E-state index contributed by atoms with van der Waals surface area (Å²) >= 11 is 5.92. The molecule has 0 aliphatic heterocycles. The number of ether oxygens (including phenoxy) is 1. The topological polar surface area (TPSA) is 35.2 Å². The summed E-state index contributed by atoms with van der Waals surface area (Å²) in [6.45, 7) is 0.241. The van der Waals surface area contributed by atoms with Crippen LogP contribution in [0.25, 0.3) is 0 Å². The summed E-state index contributed by atoms with van der Waals surface area (Å²) in [5.41, 5.74) is 9.23. The number of hydrogen-bond acceptors (Lipinski definition) is 2. The Balaban J connectivity index is 1.77. The van der Waals surface area contributed by atoms with Crippen LogP contribution in [0.15, 0.2) is 36.4 Å². The van der Waals surface area contributed by atoms with Crippen molar-refractivity contribution in [3.05, 3.63) is 63.9 Å². The maximum Gasteiger partial charge on any atom is 0.142 e. The largest absolute Gasteiger partial charge is 0.489 e. The van der Waals surface area contributed by atoms with Crippen molar-refractivity contribution in [3.63, 3.8) is 0 Å². The van der Waals surface area contributed by atoms with Crippen LogP contribution in [0.2, 0.25) is 5.02 Å². The van der Waals surface area contributed by atoms with Gasteiger partial charge in [-0.05, 0) is 48.6 Å². The molecule has 2 nitrogen and oxygen atoms in total. The molecule has 110 valence electrons. The van der Waals surface area contributed by atoms with Gasteiger partial charge in [0, 0.05) is 11.6 Å². The normalized spacial score (nSPS) is 17.4. The first kappa shape index (κ1) is 14.4. The highest BCUT2D eigenvalue weighted by atomic mass is 35.5. The number of hydrogen-bond donors (Lipinski definition) is 1. The van der Waals surface area contributed by atoms with Gasteiger partial charge in [0.2, 0.25) is 0 Å². The van der Waals surface area contributed by atoms with E-state index in [1.165, 1.54) is 11.6 Å². The highest BCUT2D eigenvalue weighted by Crippen LogP contribution is 2.31. The van der Waals surface area contributed by atoms with Gasteiger partial charge in [0.15, 0.2) is 0 Å². The summed E-state index contributed by atoms with van der Waals surface area (Å²) < 4.78 is 19.1. The molecule has 3 rings (SSSR count). The Labute approximate surface area is 128 Å². The third-order valence-corrected chi connectivity index (χ3v) is 4.33. The van der Waals surface area contributed by atoms with Gasteiger partial charge in [-0.15, -0.1) is 0 Å². The van der Waals surface area contributed by atoms with Gasteiger partial charge in [-0.25, -0.2) is 4.39 Å². The molecule has 0 heterocycles. The Morgan fingerprint density at radius 1 is 1.29 bits per heavy atom. The van der Waals surface area contributed by atoms with E-state index in [1.807, 2.05) is 12.1 Å². The molecule has 21 heavy (non-hydrogen) atoms. The Morgan fingerprint density at radius 3 is 3.00 bits per heavy atom. The third-order valence-electron chi connectivity index (χ3n) is 3.90. The van der Waals surface area contributed by atoms with Crippen LogP contribution >= 0.6 is 11.6 Å². The van der Waals surface area contributed by atoms with Gasteiger partial charge >= 0.3 is 0 Å². The number of benzene rings is 2. The van der Waals surface area contributed by atoms with Crippen molar-refractivity contribution >= 4 is 11.6 Å².